The van der Waals surface area contributed by atoms with E-state index in [2.05, 4.69) is 24.0 Å². The number of nitrogens with zero attached hydrogens (tertiary/aromatic N) is 4. The first-order valence-corrected chi connectivity index (χ1v) is 9.60. The maximum Gasteiger partial charge on any atom is 0.253 e. The SMILES string of the molecule is CCc1nccn1-c1cccc([C@@H]2CCCN(C(=O)c3ccccc3)C2)n1. The number of rotatable bonds is 4. The van der Waals surface area contributed by atoms with Gasteiger partial charge < -0.3 is 4.90 Å². The fraction of sp³-hybridized carbons (Fsp3) is 0.318. The number of aromatic nitrogens is 3. The molecule has 2 aromatic heterocycles. The second kappa shape index (κ2) is 7.74. The first-order chi connectivity index (χ1) is 13.3. The summed E-state index contributed by atoms with van der Waals surface area (Å²) in [6.45, 7) is 3.62. The summed E-state index contributed by atoms with van der Waals surface area (Å²) in [5, 5.41) is 0. The van der Waals surface area contributed by atoms with Gasteiger partial charge >= 0.3 is 0 Å². The van der Waals surface area contributed by atoms with Crippen molar-refractivity contribution in [3.05, 3.63) is 78.0 Å². The van der Waals surface area contributed by atoms with E-state index in [-0.39, 0.29) is 11.8 Å². The Labute approximate surface area is 159 Å². The number of amides is 1. The summed E-state index contributed by atoms with van der Waals surface area (Å²) in [4.78, 5) is 24.1. The number of benzene rings is 1. The Morgan fingerprint density at radius 3 is 2.81 bits per heavy atom. The first kappa shape index (κ1) is 17.5. The molecule has 138 valence electrons. The van der Waals surface area contributed by atoms with E-state index in [1.54, 1.807) is 0 Å². The number of aryl methyl sites for hydroxylation is 1. The predicted octanol–water partition coefficient (Wildman–Crippen LogP) is 3.85. The van der Waals surface area contributed by atoms with Gasteiger partial charge in [-0.2, -0.15) is 0 Å². The summed E-state index contributed by atoms with van der Waals surface area (Å²) < 4.78 is 2.04. The van der Waals surface area contributed by atoms with E-state index in [1.165, 1.54) is 0 Å². The van der Waals surface area contributed by atoms with Crippen LogP contribution in [0.3, 0.4) is 0 Å². The molecule has 0 bridgehead atoms. The van der Waals surface area contributed by atoms with E-state index >= 15 is 0 Å². The lowest BCUT2D eigenvalue weighted by Gasteiger charge is -2.32. The van der Waals surface area contributed by atoms with Gasteiger partial charge in [0.1, 0.15) is 11.6 Å². The standard InChI is InChI=1S/C22H24N4O/c1-2-20-23-13-15-26(20)21-12-6-11-19(24-21)18-10-7-14-25(16-18)22(27)17-8-4-3-5-9-17/h3-6,8-9,11-13,15,18H,2,7,10,14,16H2,1H3/t18-/m1/s1. The third kappa shape index (κ3) is 3.63. The van der Waals surface area contributed by atoms with Gasteiger partial charge in [0, 0.05) is 49.1 Å². The third-order valence-corrected chi connectivity index (χ3v) is 5.18. The molecule has 1 amide bonds. The second-order valence-corrected chi connectivity index (χ2v) is 6.94. The van der Waals surface area contributed by atoms with E-state index < -0.39 is 0 Å². The molecule has 1 aliphatic rings. The molecule has 0 radical (unpaired) electrons. The number of hydrogen-bond donors (Lipinski definition) is 0. The molecule has 0 aliphatic carbocycles. The minimum atomic E-state index is 0.110. The summed E-state index contributed by atoms with van der Waals surface area (Å²) in [7, 11) is 0. The highest BCUT2D eigenvalue weighted by molar-refractivity contribution is 5.94. The largest absolute Gasteiger partial charge is 0.338 e. The maximum atomic E-state index is 12.8. The van der Waals surface area contributed by atoms with Crippen molar-refractivity contribution in [1.29, 1.82) is 0 Å². The summed E-state index contributed by atoms with van der Waals surface area (Å²) >= 11 is 0. The van der Waals surface area contributed by atoms with Crippen LogP contribution in [0.5, 0.6) is 0 Å². The van der Waals surface area contributed by atoms with Crippen molar-refractivity contribution in [1.82, 2.24) is 19.4 Å². The molecule has 0 N–H and O–H groups in total. The number of imidazole rings is 1. The van der Waals surface area contributed by atoms with Gasteiger partial charge in [-0.15, -0.1) is 0 Å². The topological polar surface area (TPSA) is 51.0 Å². The van der Waals surface area contributed by atoms with Crippen molar-refractivity contribution in [2.75, 3.05) is 13.1 Å². The quantitative estimate of drug-likeness (QED) is 0.710. The Morgan fingerprint density at radius 2 is 2.00 bits per heavy atom. The van der Waals surface area contributed by atoms with Gasteiger partial charge in [0.15, 0.2) is 0 Å². The summed E-state index contributed by atoms with van der Waals surface area (Å²) in [6, 6.07) is 15.7. The van der Waals surface area contributed by atoms with E-state index in [1.807, 2.05) is 58.3 Å². The highest BCUT2D eigenvalue weighted by Gasteiger charge is 2.26. The van der Waals surface area contributed by atoms with Crippen LogP contribution in [-0.4, -0.2) is 38.4 Å². The van der Waals surface area contributed by atoms with Crippen LogP contribution in [0.4, 0.5) is 0 Å². The third-order valence-electron chi connectivity index (χ3n) is 5.18. The second-order valence-electron chi connectivity index (χ2n) is 6.94. The van der Waals surface area contributed by atoms with Crippen LogP contribution in [0, 0.1) is 0 Å². The fourth-order valence-corrected chi connectivity index (χ4v) is 3.77. The van der Waals surface area contributed by atoms with Gasteiger partial charge in [0.25, 0.3) is 5.91 Å². The van der Waals surface area contributed by atoms with Crippen LogP contribution in [0.15, 0.2) is 60.9 Å². The minimum Gasteiger partial charge on any atom is -0.338 e. The molecule has 1 aromatic carbocycles. The van der Waals surface area contributed by atoms with Gasteiger partial charge in [-0.1, -0.05) is 31.2 Å². The summed E-state index contributed by atoms with van der Waals surface area (Å²) in [5.74, 6) is 2.27. The van der Waals surface area contributed by atoms with Gasteiger partial charge in [0.2, 0.25) is 0 Å². The Hall–Kier alpha value is -2.95. The highest BCUT2D eigenvalue weighted by Crippen LogP contribution is 2.27. The van der Waals surface area contributed by atoms with Crippen LogP contribution in [0.1, 0.15) is 47.6 Å². The summed E-state index contributed by atoms with van der Waals surface area (Å²) in [5.41, 5.74) is 1.81. The Morgan fingerprint density at radius 1 is 1.15 bits per heavy atom. The molecule has 0 saturated carbocycles. The number of pyridine rings is 1. The first-order valence-electron chi connectivity index (χ1n) is 9.60. The van der Waals surface area contributed by atoms with Gasteiger partial charge in [-0.05, 0) is 37.1 Å². The van der Waals surface area contributed by atoms with Crippen molar-refractivity contribution in [2.24, 2.45) is 0 Å². The molecule has 0 spiro atoms. The molecule has 0 unspecified atom stereocenters. The van der Waals surface area contributed by atoms with Crippen LogP contribution >= 0.6 is 0 Å². The van der Waals surface area contributed by atoms with Crippen LogP contribution < -0.4 is 0 Å². The van der Waals surface area contributed by atoms with Gasteiger partial charge in [-0.25, -0.2) is 9.97 Å². The molecule has 1 saturated heterocycles. The number of likely N-dealkylation sites (tertiary alicyclic amines) is 1. The lowest BCUT2D eigenvalue weighted by atomic mass is 9.93. The smallest absolute Gasteiger partial charge is 0.253 e. The van der Waals surface area contributed by atoms with Crippen molar-refractivity contribution in [2.45, 2.75) is 32.1 Å². The lowest BCUT2D eigenvalue weighted by Crippen LogP contribution is -2.39. The van der Waals surface area contributed by atoms with Gasteiger partial charge in [-0.3, -0.25) is 9.36 Å². The normalized spacial score (nSPS) is 17.1. The van der Waals surface area contributed by atoms with E-state index in [0.717, 1.165) is 55.3 Å². The number of carbonyl (C=O) groups is 1. The zero-order chi connectivity index (χ0) is 18.6. The molecule has 1 aliphatic heterocycles. The highest BCUT2D eigenvalue weighted by atomic mass is 16.2. The average Bonchev–Trinajstić information content (AvgIpc) is 3.23. The van der Waals surface area contributed by atoms with Crippen LogP contribution in [-0.2, 0) is 6.42 Å². The molecule has 5 heteroatoms. The Bertz CT molecular complexity index is 919. The zero-order valence-corrected chi connectivity index (χ0v) is 15.6. The fourth-order valence-electron chi connectivity index (χ4n) is 3.77. The molecule has 5 nitrogen and oxygen atoms in total. The monoisotopic (exact) mass is 360 g/mol. The van der Waals surface area contributed by atoms with Crippen molar-refractivity contribution in [3.63, 3.8) is 0 Å². The molecule has 3 aromatic rings. The number of hydrogen-bond acceptors (Lipinski definition) is 3. The zero-order valence-electron chi connectivity index (χ0n) is 15.6. The van der Waals surface area contributed by atoms with Gasteiger partial charge in [0.05, 0.1) is 0 Å². The minimum absolute atomic E-state index is 0.110. The number of carbonyl (C=O) groups excluding carboxylic acids is 1. The molecule has 1 atom stereocenters. The molecule has 4 rings (SSSR count). The predicted molar refractivity (Wildman–Crippen MR) is 105 cm³/mol. The summed E-state index contributed by atoms with van der Waals surface area (Å²) in [6.07, 6.45) is 6.69. The Kier molecular flexibility index (Phi) is 5.01. The lowest BCUT2D eigenvalue weighted by molar-refractivity contribution is 0.0706. The Balaban J connectivity index is 1.55. The van der Waals surface area contributed by atoms with E-state index in [4.69, 9.17) is 4.98 Å². The van der Waals surface area contributed by atoms with E-state index in [9.17, 15) is 4.79 Å². The van der Waals surface area contributed by atoms with Crippen molar-refractivity contribution < 1.29 is 4.79 Å². The molecule has 27 heavy (non-hydrogen) atoms. The average molecular weight is 360 g/mol. The molecular formula is C22H24N4O. The maximum absolute atomic E-state index is 12.8. The van der Waals surface area contributed by atoms with Crippen LogP contribution in [0.2, 0.25) is 0 Å². The molecular weight excluding hydrogens is 336 g/mol. The molecule has 1 fully saturated rings. The van der Waals surface area contributed by atoms with E-state index in [0.29, 0.717) is 0 Å². The molecule has 3 heterocycles. The number of piperidine rings is 1. The van der Waals surface area contributed by atoms with Crippen molar-refractivity contribution >= 4 is 5.91 Å². The van der Waals surface area contributed by atoms with Crippen molar-refractivity contribution in [3.8, 4) is 5.82 Å². The van der Waals surface area contributed by atoms with Crippen LogP contribution in [0.25, 0.3) is 5.82 Å².